The van der Waals surface area contributed by atoms with Gasteiger partial charge in [0.2, 0.25) is 0 Å². The summed E-state index contributed by atoms with van der Waals surface area (Å²) in [5.74, 6) is 0.537. The van der Waals surface area contributed by atoms with Gasteiger partial charge in [0, 0.05) is 11.3 Å². The molecule has 0 bridgehead atoms. The number of para-hydroxylation sites is 1. The van der Waals surface area contributed by atoms with Crippen molar-refractivity contribution >= 4 is 17.7 Å². The van der Waals surface area contributed by atoms with E-state index in [0.29, 0.717) is 17.1 Å². The molecule has 2 aromatic rings. The maximum absolute atomic E-state index is 12.6. The smallest absolute Gasteiger partial charge is 0.266 e. The summed E-state index contributed by atoms with van der Waals surface area (Å²) in [4.78, 5) is 12.6. The molecule has 0 aliphatic rings. The van der Waals surface area contributed by atoms with Gasteiger partial charge in [-0.25, -0.2) is 0 Å². The number of rotatable bonds is 5. The Hall–Kier alpha value is -3.26. The van der Waals surface area contributed by atoms with E-state index in [2.05, 4.69) is 5.32 Å². The molecule has 0 fully saturated rings. The van der Waals surface area contributed by atoms with Gasteiger partial charge in [0.25, 0.3) is 5.91 Å². The van der Waals surface area contributed by atoms with E-state index in [-0.39, 0.29) is 5.57 Å². The molecule has 0 saturated carbocycles. The fourth-order valence-electron chi connectivity index (χ4n) is 2.89. The molecule has 0 spiro atoms. The lowest BCUT2D eigenvalue weighted by atomic mass is 10.0. The normalized spacial score (nSPS) is 10.8. The highest BCUT2D eigenvalue weighted by Gasteiger charge is 2.15. The van der Waals surface area contributed by atoms with Gasteiger partial charge in [0.05, 0.1) is 14.2 Å². The maximum Gasteiger partial charge on any atom is 0.266 e. The lowest BCUT2D eigenvalue weighted by Crippen LogP contribution is -2.15. The van der Waals surface area contributed by atoms with Crippen molar-refractivity contribution in [3.05, 3.63) is 58.2 Å². The molecule has 0 aliphatic carbocycles. The van der Waals surface area contributed by atoms with Crippen LogP contribution in [0.25, 0.3) is 6.08 Å². The topological polar surface area (TPSA) is 71.3 Å². The van der Waals surface area contributed by atoms with E-state index in [9.17, 15) is 10.1 Å². The van der Waals surface area contributed by atoms with Crippen LogP contribution in [0.5, 0.6) is 11.5 Å². The van der Waals surface area contributed by atoms with E-state index in [4.69, 9.17) is 9.47 Å². The third-order valence-corrected chi connectivity index (χ3v) is 4.01. The molecular weight excluding hydrogens is 328 g/mol. The fourth-order valence-corrected chi connectivity index (χ4v) is 2.89. The summed E-state index contributed by atoms with van der Waals surface area (Å²) in [6.07, 6.45) is 1.50. The summed E-state index contributed by atoms with van der Waals surface area (Å²) in [5, 5.41) is 12.3. The first-order chi connectivity index (χ1) is 12.4. The highest BCUT2D eigenvalue weighted by molar-refractivity contribution is 6.10. The van der Waals surface area contributed by atoms with Crippen LogP contribution in [0.4, 0.5) is 5.69 Å². The molecule has 0 saturated heterocycles. The second-order valence-electron chi connectivity index (χ2n) is 5.98. The minimum Gasteiger partial charge on any atom is -0.493 e. The third-order valence-electron chi connectivity index (χ3n) is 4.01. The van der Waals surface area contributed by atoms with Gasteiger partial charge in [-0.15, -0.1) is 0 Å². The number of carbonyl (C=O) groups excluding carboxylic acids is 1. The Labute approximate surface area is 153 Å². The molecule has 0 unspecified atom stereocenters. The zero-order valence-electron chi connectivity index (χ0n) is 15.6. The number of carbonyl (C=O) groups is 1. The molecule has 26 heavy (non-hydrogen) atoms. The van der Waals surface area contributed by atoms with Crippen LogP contribution >= 0.6 is 0 Å². The van der Waals surface area contributed by atoms with Crippen LogP contribution in [0.1, 0.15) is 22.3 Å². The molecule has 0 atom stereocenters. The molecule has 1 N–H and O–H groups in total. The van der Waals surface area contributed by atoms with Crippen molar-refractivity contribution in [1.29, 1.82) is 5.26 Å². The van der Waals surface area contributed by atoms with Gasteiger partial charge in [-0.1, -0.05) is 29.8 Å². The second-order valence-corrected chi connectivity index (χ2v) is 5.98. The van der Waals surface area contributed by atoms with Crippen LogP contribution in [-0.2, 0) is 4.79 Å². The van der Waals surface area contributed by atoms with Crippen molar-refractivity contribution in [2.24, 2.45) is 0 Å². The van der Waals surface area contributed by atoms with Gasteiger partial charge in [-0.3, -0.25) is 4.79 Å². The molecule has 1 amide bonds. The summed E-state index contributed by atoms with van der Waals surface area (Å²) in [5.41, 5.74) is 4.32. The number of hydrogen-bond acceptors (Lipinski definition) is 4. The molecule has 2 rings (SSSR count). The van der Waals surface area contributed by atoms with Gasteiger partial charge in [0.1, 0.15) is 11.6 Å². The molecule has 0 radical (unpaired) electrons. The number of nitrogens with one attached hydrogen (secondary N) is 1. The SMILES string of the molecule is COc1cccc(/C=C(\C#N)C(=O)Nc2c(C)cc(C)cc2C)c1OC. The predicted octanol–water partition coefficient (Wildman–Crippen LogP) is 4.17. The molecule has 134 valence electrons. The van der Waals surface area contributed by atoms with E-state index < -0.39 is 5.91 Å². The Kier molecular flexibility index (Phi) is 6.03. The first-order valence-corrected chi connectivity index (χ1v) is 8.13. The average Bonchev–Trinajstić information content (AvgIpc) is 2.61. The van der Waals surface area contributed by atoms with Gasteiger partial charge in [-0.05, 0) is 44.0 Å². The zero-order valence-corrected chi connectivity index (χ0v) is 15.6. The quantitative estimate of drug-likeness (QED) is 0.649. The first kappa shape index (κ1) is 19.1. The number of anilines is 1. The Morgan fingerprint density at radius 3 is 2.31 bits per heavy atom. The van der Waals surface area contributed by atoms with Crippen LogP contribution in [0.3, 0.4) is 0 Å². The van der Waals surface area contributed by atoms with Gasteiger partial charge >= 0.3 is 0 Å². The highest BCUT2D eigenvalue weighted by Crippen LogP contribution is 2.32. The average molecular weight is 350 g/mol. The summed E-state index contributed by atoms with van der Waals surface area (Å²) >= 11 is 0. The number of nitrogens with zero attached hydrogens (tertiary/aromatic N) is 1. The fraction of sp³-hybridized carbons (Fsp3) is 0.238. The maximum atomic E-state index is 12.6. The predicted molar refractivity (Wildman–Crippen MR) is 102 cm³/mol. The summed E-state index contributed by atoms with van der Waals surface area (Å²) < 4.78 is 10.6. The lowest BCUT2D eigenvalue weighted by molar-refractivity contribution is -0.112. The second kappa shape index (κ2) is 8.21. The molecule has 0 heterocycles. The Balaban J connectivity index is 2.39. The molecular formula is C21H22N2O3. The molecule has 5 heteroatoms. The van der Waals surface area contributed by atoms with Crippen molar-refractivity contribution in [2.45, 2.75) is 20.8 Å². The van der Waals surface area contributed by atoms with Crippen LogP contribution in [-0.4, -0.2) is 20.1 Å². The molecule has 0 aliphatic heterocycles. The largest absolute Gasteiger partial charge is 0.493 e. The van der Waals surface area contributed by atoms with Gasteiger partial charge in [0.15, 0.2) is 11.5 Å². The van der Waals surface area contributed by atoms with Crippen molar-refractivity contribution in [1.82, 2.24) is 0 Å². The minimum atomic E-state index is -0.465. The zero-order chi connectivity index (χ0) is 19.3. The lowest BCUT2D eigenvalue weighted by Gasteiger charge is -2.13. The number of amides is 1. The van der Waals surface area contributed by atoms with E-state index in [1.54, 1.807) is 18.2 Å². The Morgan fingerprint density at radius 2 is 1.77 bits per heavy atom. The summed E-state index contributed by atoms with van der Waals surface area (Å²) in [7, 11) is 3.05. The summed E-state index contributed by atoms with van der Waals surface area (Å²) in [6.45, 7) is 5.86. The van der Waals surface area contributed by atoms with E-state index in [1.165, 1.54) is 20.3 Å². The van der Waals surface area contributed by atoms with E-state index >= 15 is 0 Å². The van der Waals surface area contributed by atoms with Crippen molar-refractivity contribution in [3.63, 3.8) is 0 Å². The van der Waals surface area contributed by atoms with Crippen molar-refractivity contribution in [2.75, 3.05) is 19.5 Å². The van der Waals surface area contributed by atoms with Gasteiger partial charge in [-0.2, -0.15) is 5.26 Å². The number of methoxy groups -OCH3 is 2. The third kappa shape index (κ3) is 4.04. The monoisotopic (exact) mass is 350 g/mol. The number of benzene rings is 2. The number of hydrogen-bond donors (Lipinski definition) is 1. The first-order valence-electron chi connectivity index (χ1n) is 8.13. The Bertz CT molecular complexity index is 885. The van der Waals surface area contributed by atoms with Crippen LogP contribution in [0, 0.1) is 32.1 Å². The molecule has 2 aromatic carbocycles. The van der Waals surface area contributed by atoms with Crippen molar-refractivity contribution in [3.8, 4) is 17.6 Å². The Morgan fingerprint density at radius 1 is 1.12 bits per heavy atom. The minimum absolute atomic E-state index is 0.0177. The van der Waals surface area contributed by atoms with E-state index in [0.717, 1.165) is 22.4 Å². The van der Waals surface area contributed by atoms with Crippen molar-refractivity contribution < 1.29 is 14.3 Å². The van der Waals surface area contributed by atoms with Crippen LogP contribution < -0.4 is 14.8 Å². The van der Waals surface area contributed by atoms with Crippen LogP contribution in [0.2, 0.25) is 0 Å². The number of ether oxygens (including phenoxy) is 2. The molecule has 0 aromatic heterocycles. The highest BCUT2D eigenvalue weighted by atomic mass is 16.5. The molecule has 5 nitrogen and oxygen atoms in total. The van der Waals surface area contributed by atoms with Gasteiger partial charge < -0.3 is 14.8 Å². The summed E-state index contributed by atoms with van der Waals surface area (Å²) in [6, 6.07) is 11.2. The number of aryl methyl sites for hydroxylation is 3. The number of nitriles is 1. The van der Waals surface area contributed by atoms with Crippen LogP contribution in [0.15, 0.2) is 35.9 Å². The van der Waals surface area contributed by atoms with E-state index in [1.807, 2.05) is 39.0 Å². The standard InChI is InChI=1S/C21H22N2O3/c1-13-9-14(2)19(15(3)10-13)23-21(24)17(12-22)11-16-7-6-8-18(25-4)20(16)26-5/h6-11H,1-5H3,(H,23,24)/b17-11+.